The van der Waals surface area contributed by atoms with Gasteiger partial charge < -0.3 is 10.8 Å². The van der Waals surface area contributed by atoms with Crippen LogP contribution >= 0.6 is 0 Å². The fraction of sp³-hybridized carbons (Fsp3) is 0.333. The van der Waals surface area contributed by atoms with Gasteiger partial charge in [-0.25, -0.2) is 0 Å². The van der Waals surface area contributed by atoms with Crippen molar-refractivity contribution in [3.05, 3.63) is 29.3 Å². The van der Waals surface area contributed by atoms with Crippen LogP contribution in [0.1, 0.15) is 18.1 Å². The Hall–Kier alpha value is -1.02. The number of hydrogen-bond donors (Lipinski definition) is 2. The van der Waals surface area contributed by atoms with Gasteiger partial charge in [-0.3, -0.25) is 0 Å². The molecule has 0 aliphatic heterocycles. The smallest absolute Gasteiger partial charge is 0.0682 e. The van der Waals surface area contributed by atoms with Crippen molar-refractivity contribution in [2.45, 2.75) is 20.0 Å². The number of nitrogen functional groups attached to an aromatic ring is 1. The van der Waals surface area contributed by atoms with Crippen LogP contribution < -0.4 is 5.73 Å². The zero-order chi connectivity index (χ0) is 8.27. The van der Waals surface area contributed by atoms with E-state index in [4.69, 9.17) is 10.8 Å². The summed E-state index contributed by atoms with van der Waals surface area (Å²) in [5, 5.41) is 8.83. The highest BCUT2D eigenvalue weighted by atomic mass is 16.3. The van der Waals surface area contributed by atoms with Crippen LogP contribution in [0.4, 0.5) is 5.69 Å². The van der Waals surface area contributed by atoms with Crippen molar-refractivity contribution < 1.29 is 5.11 Å². The molecule has 0 spiro atoms. The predicted molar refractivity (Wildman–Crippen MR) is 46.2 cm³/mol. The molecule has 0 heterocycles. The van der Waals surface area contributed by atoms with E-state index in [1.165, 1.54) is 5.56 Å². The van der Waals surface area contributed by atoms with Crippen LogP contribution in [0.2, 0.25) is 0 Å². The molecule has 0 amide bonds. The average molecular weight is 151 g/mol. The van der Waals surface area contributed by atoms with E-state index in [1.807, 2.05) is 12.1 Å². The van der Waals surface area contributed by atoms with Crippen LogP contribution in [-0.2, 0) is 13.0 Å². The molecule has 0 radical (unpaired) electrons. The van der Waals surface area contributed by atoms with Gasteiger partial charge >= 0.3 is 0 Å². The van der Waals surface area contributed by atoms with E-state index < -0.39 is 0 Å². The topological polar surface area (TPSA) is 46.2 Å². The summed E-state index contributed by atoms with van der Waals surface area (Å²) in [5.74, 6) is 0. The Morgan fingerprint density at radius 1 is 1.27 bits per heavy atom. The Balaban J connectivity index is 3.02. The first kappa shape index (κ1) is 8.08. The lowest BCUT2D eigenvalue weighted by Crippen LogP contribution is -1.92. The molecule has 3 N–H and O–H groups in total. The Bertz CT molecular complexity index is 223. The van der Waals surface area contributed by atoms with E-state index in [9.17, 15) is 0 Å². The van der Waals surface area contributed by atoms with Gasteiger partial charge in [-0.1, -0.05) is 13.0 Å². The van der Waals surface area contributed by atoms with Gasteiger partial charge in [-0.15, -0.1) is 0 Å². The lowest BCUT2D eigenvalue weighted by atomic mass is 10.1. The van der Waals surface area contributed by atoms with E-state index in [-0.39, 0.29) is 6.61 Å². The van der Waals surface area contributed by atoms with Gasteiger partial charge in [0.2, 0.25) is 0 Å². The minimum atomic E-state index is 0.0675. The summed E-state index contributed by atoms with van der Waals surface area (Å²) in [6.45, 7) is 2.13. The molecule has 0 saturated carbocycles. The zero-order valence-corrected chi connectivity index (χ0v) is 6.67. The van der Waals surface area contributed by atoms with Crippen LogP contribution in [0.25, 0.3) is 0 Å². The molecule has 0 unspecified atom stereocenters. The molecule has 1 aromatic carbocycles. The molecule has 11 heavy (non-hydrogen) atoms. The number of hydrogen-bond acceptors (Lipinski definition) is 2. The summed E-state index contributed by atoms with van der Waals surface area (Å²) in [6, 6.07) is 5.69. The Morgan fingerprint density at radius 3 is 2.45 bits per heavy atom. The minimum absolute atomic E-state index is 0.0675. The molecular formula is C9H13NO. The fourth-order valence-corrected chi connectivity index (χ4v) is 1.09. The minimum Gasteiger partial charge on any atom is -0.399 e. The van der Waals surface area contributed by atoms with Crippen molar-refractivity contribution in [3.8, 4) is 0 Å². The second-order valence-electron chi connectivity index (χ2n) is 2.59. The van der Waals surface area contributed by atoms with Gasteiger partial charge in [0, 0.05) is 5.69 Å². The zero-order valence-electron chi connectivity index (χ0n) is 6.67. The van der Waals surface area contributed by atoms with E-state index in [0.29, 0.717) is 0 Å². The van der Waals surface area contributed by atoms with Gasteiger partial charge in [0.15, 0.2) is 0 Å². The van der Waals surface area contributed by atoms with Gasteiger partial charge in [0.1, 0.15) is 0 Å². The Morgan fingerprint density at radius 2 is 1.91 bits per heavy atom. The van der Waals surface area contributed by atoms with Crippen molar-refractivity contribution in [1.29, 1.82) is 0 Å². The monoisotopic (exact) mass is 151 g/mol. The maximum Gasteiger partial charge on any atom is 0.0682 e. The Labute approximate surface area is 66.7 Å². The molecule has 0 aliphatic carbocycles. The third-order valence-corrected chi connectivity index (χ3v) is 1.67. The highest BCUT2D eigenvalue weighted by molar-refractivity contribution is 5.44. The van der Waals surface area contributed by atoms with Gasteiger partial charge in [0.05, 0.1) is 6.61 Å². The van der Waals surface area contributed by atoms with Crippen LogP contribution in [0.3, 0.4) is 0 Å². The Kier molecular flexibility index (Phi) is 2.49. The molecule has 1 aromatic rings. The van der Waals surface area contributed by atoms with E-state index in [0.717, 1.165) is 17.7 Å². The van der Waals surface area contributed by atoms with Crippen molar-refractivity contribution in [2.75, 3.05) is 5.73 Å². The van der Waals surface area contributed by atoms with Crippen LogP contribution in [0, 0.1) is 0 Å². The molecule has 2 nitrogen and oxygen atoms in total. The summed E-state index contributed by atoms with van der Waals surface area (Å²) in [4.78, 5) is 0. The third-order valence-electron chi connectivity index (χ3n) is 1.67. The number of aliphatic hydroxyl groups excluding tert-OH is 1. The lowest BCUT2D eigenvalue weighted by molar-refractivity contribution is 0.282. The molecule has 0 bridgehead atoms. The first-order valence-electron chi connectivity index (χ1n) is 3.75. The number of benzene rings is 1. The summed E-state index contributed by atoms with van der Waals surface area (Å²) in [5.41, 5.74) is 8.40. The summed E-state index contributed by atoms with van der Waals surface area (Å²) >= 11 is 0. The standard InChI is InChI=1S/C9H13NO/c1-2-7-3-8(6-11)5-9(10)4-7/h3-5,11H,2,6,10H2,1H3. The molecule has 0 aliphatic rings. The van der Waals surface area contributed by atoms with Crippen molar-refractivity contribution >= 4 is 5.69 Å². The second kappa shape index (κ2) is 3.39. The number of aryl methyl sites for hydroxylation is 1. The number of rotatable bonds is 2. The number of nitrogens with two attached hydrogens (primary N) is 1. The van der Waals surface area contributed by atoms with Crippen molar-refractivity contribution in [1.82, 2.24) is 0 Å². The first-order chi connectivity index (χ1) is 5.26. The fourth-order valence-electron chi connectivity index (χ4n) is 1.09. The molecule has 60 valence electrons. The van der Waals surface area contributed by atoms with E-state index in [1.54, 1.807) is 6.07 Å². The first-order valence-corrected chi connectivity index (χ1v) is 3.75. The van der Waals surface area contributed by atoms with Crippen molar-refractivity contribution in [2.24, 2.45) is 0 Å². The predicted octanol–water partition coefficient (Wildman–Crippen LogP) is 1.32. The molecule has 0 fully saturated rings. The largest absolute Gasteiger partial charge is 0.399 e. The van der Waals surface area contributed by atoms with E-state index >= 15 is 0 Å². The number of anilines is 1. The second-order valence-corrected chi connectivity index (χ2v) is 2.59. The van der Waals surface area contributed by atoms with Crippen LogP contribution in [0.15, 0.2) is 18.2 Å². The lowest BCUT2D eigenvalue weighted by Gasteiger charge is -2.02. The summed E-state index contributed by atoms with van der Waals surface area (Å²) in [7, 11) is 0. The molecule has 0 atom stereocenters. The molecule has 0 saturated heterocycles. The number of aliphatic hydroxyl groups is 1. The maximum absolute atomic E-state index is 8.83. The molecule has 2 heteroatoms. The molecule has 1 rings (SSSR count). The summed E-state index contributed by atoms with van der Waals surface area (Å²) < 4.78 is 0. The van der Waals surface area contributed by atoms with Gasteiger partial charge in [-0.2, -0.15) is 0 Å². The molecular weight excluding hydrogens is 138 g/mol. The normalized spacial score (nSPS) is 10.0. The maximum atomic E-state index is 8.83. The van der Waals surface area contributed by atoms with Crippen LogP contribution in [-0.4, -0.2) is 5.11 Å². The van der Waals surface area contributed by atoms with Crippen molar-refractivity contribution in [3.63, 3.8) is 0 Å². The molecule has 0 aromatic heterocycles. The quantitative estimate of drug-likeness (QED) is 0.626. The summed E-state index contributed by atoms with van der Waals surface area (Å²) in [6.07, 6.45) is 0.956. The van der Waals surface area contributed by atoms with E-state index in [2.05, 4.69) is 6.92 Å². The highest BCUT2D eigenvalue weighted by Gasteiger charge is 1.95. The third kappa shape index (κ3) is 1.95. The SMILES string of the molecule is CCc1cc(N)cc(CO)c1. The average Bonchev–Trinajstić information content (AvgIpc) is 2.03. The van der Waals surface area contributed by atoms with Gasteiger partial charge in [0.25, 0.3) is 0 Å². The van der Waals surface area contributed by atoms with Gasteiger partial charge in [-0.05, 0) is 29.7 Å². The highest BCUT2D eigenvalue weighted by Crippen LogP contribution is 2.12. The van der Waals surface area contributed by atoms with Crippen LogP contribution in [0.5, 0.6) is 0 Å².